The molecule has 0 bridgehead atoms. The average molecular weight is 535 g/mol. The van der Waals surface area contributed by atoms with Gasteiger partial charge in [-0.3, -0.25) is 9.09 Å². The first-order chi connectivity index (χ1) is 14.4. The predicted octanol–water partition coefficient (Wildman–Crippen LogP) is -0.756. The number of aromatic nitrogens is 2. The Bertz CT molecular complexity index is 1070. The van der Waals surface area contributed by atoms with E-state index in [4.69, 9.17) is 25.2 Å². The number of aliphatic hydroxyl groups excluding tert-OH is 1. The van der Waals surface area contributed by atoms with Gasteiger partial charge < -0.3 is 35.2 Å². The van der Waals surface area contributed by atoms with E-state index in [2.05, 4.69) is 18.1 Å². The van der Waals surface area contributed by atoms with Crippen LogP contribution in [0, 0.1) is 5.82 Å². The van der Waals surface area contributed by atoms with Gasteiger partial charge >= 0.3 is 29.2 Å². The molecule has 0 saturated carbocycles. The summed E-state index contributed by atoms with van der Waals surface area (Å²) in [5.41, 5.74) is 0.230. The van der Waals surface area contributed by atoms with Crippen LogP contribution in [0.2, 0.25) is 0 Å². The maximum absolute atomic E-state index is 15.0. The third-order valence-electron chi connectivity index (χ3n) is 3.77. The first-order valence-electron chi connectivity index (χ1n) is 7.82. The van der Waals surface area contributed by atoms with E-state index in [-0.39, 0.29) is 4.57 Å². The Labute approximate surface area is 174 Å². The van der Waals surface area contributed by atoms with Crippen LogP contribution in [0.25, 0.3) is 0 Å². The molecule has 1 aliphatic heterocycles. The summed E-state index contributed by atoms with van der Waals surface area (Å²) in [5, 5.41) is 10.0. The molecule has 2 heterocycles. The van der Waals surface area contributed by atoms with Gasteiger partial charge in [-0.15, -0.1) is 0 Å². The lowest BCUT2D eigenvalue weighted by Crippen LogP contribution is -2.47. The van der Waals surface area contributed by atoms with Gasteiger partial charge in [-0.05, 0) is 0 Å². The maximum atomic E-state index is 15.0. The van der Waals surface area contributed by atoms with E-state index in [1.54, 1.807) is 0 Å². The molecule has 0 aliphatic carbocycles. The van der Waals surface area contributed by atoms with Crippen molar-refractivity contribution >= 4 is 29.3 Å². The van der Waals surface area contributed by atoms with Crippen molar-refractivity contribution in [3.63, 3.8) is 0 Å². The van der Waals surface area contributed by atoms with Gasteiger partial charge in [0.05, 0.1) is 12.8 Å². The summed E-state index contributed by atoms with van der Waals surface area (Å²) in [6, 6.07) is 0. The minimum absolute atomic E-state index is 0.110. The highest BCUT2D eigenvalue weighted by atomic mass is 31.3. The Balaban J connectivity index is 2.21. The second-order valence-electron chi connectivity index (χ2n) is 6.08. The molecule has 1 aromatic heterocycles. The number of hydrogen-bond acceptors (Lipinski definition) is 11. The van der Waals surface area contributed by atoms with Crippen LogP contribution in [0.3, 0.4) is 0 Å². The normalized spacial score (nSPS) is 30.1. The molecule has 22 heteroatoms. The molecule has 32 heavy (non-hydrogen) atoms. The molecule has 6 atom stereocenters. The number of ether oxygens (including phenoxy) is 1. The van der Waals surface area contributed by atoms with Crippen LogP contribution in [0.1, 0.15) is 6.23 Å². The first-order valence-corrected chi connectivity index (χ1v) is 12.3. The number of aliphatic hydroxyl groups is 1. The summed E-state index contributed by atoms with van der Waals surface area (Å²) in [5.74, 6) is -2.21. The molecular weight excluding hydrogens is 520 g/mol. The van der Waals surface area contributed by atoms with Crippen molar-refractivity contribution in [1.82, 2.24) is 9.55 Å². The van der Waals surface area contributed by atoms with Gasteiger partial charge in [-0.2, -0.15) is 13.6 Å². The van der Waals surface area contributed by atoms with E-state index >= 15 is 4.39 Å². The number of nitrogen functional groups attached to an aromatic ring is 1. The number of nitrogens with two attached hydrogens (primary N) is 1. The van der Waals surface area contributed by atoms with E-state index in [0.717, 1.165) is 0 Å². The Kier molecular flexibility index (Phi) is 7.79. The Morgan fingerprint density at radius 1 is 1.22 bits per heavy atom. The highest BCUT2D eigenvalue weighted by Crippen LogP contribution is 2.66. The lowest BCUT2D eigenvalue weighted by molar-refractivity contribution is -0.0734. The summed E-state index contributed by atoms with van der Waals surface area (Å²) < 4.78 is 91.7. The Morgan fingerprint density at radius 3 is 2.34 bits per heavy atom. The van der Waals surface area contributed by atoms with Crippen molar-refractivity contribution in [2.24, 2.45) is 0 Å². The molecule has 0 radical (unpaired) electrons. The molecule has 0 aromatic carbocycles. The van der Waals surface area contributed by atoms with Crippen LogP contribution < -0.4 is 11.4 Å². The Morgan fingerprint density at radius 2 is 1.81 bits per heavy atom. The van der Waals surface area contributed by atoms with Crippen molar-refractivity contribution in [2.75, 3.05) is 19.0 Å². The van der Waals surface area contributed by atoms with E-state index < -0.39 is 78.2 Å². The van der Waals surface area contributed by atoms with Gasteiger partial charge in [-0.1, -0.05) is 0 Å². The third kappa shape index (κ3) is 6.22. The van der Waals surface area contributed by atoms with Gasteiger partial charge in [0.2, 0.25) is 5.67 Å². The fraction of sp³-hybridized carbons (Fsp3) is 0.600. The van der Waals surface area contributed by atoms with E-state index in [0.29, 0.717) is 6.20 Å². The average Bonchev–Trinajstić information content (AvgIpc) is 2.85. The molecule has 1 fully saturated rings. The molecule has 1 saturated heterocycles. The second kappa shape index (κ2) is 9.21. The van der Waals surface area contributed by atoms with Crippen LogP contribution in [0.4, 0.5) is 19.0 Å². The van der Waals surface area contributed by atoms with Gasteiger partial charge in [0, 0.05) is 0 Å². The summed E-state index contributed by atoms with van der Waals surface area (Å²) in [6.45, 7) is -3.38. The van der Waals surface area contributed by atoms with Gasteiger partial charge in [0.1, 0.15) is 18.9 Å². The number of halogens is 3. The number of nitrogens with zero attached hydrogens (tertiary/aromatic N) is 2. The second-order valence-corrected chi connectivity index (χ2v) is 10.5. The number of hydrogen-bond donors (Lipinski definition) is 6. The maximum Gasteiger partial charge on any atom is 0.490 e. The molecular formula is C10H15F3N3O13P3. The van der Waals surface area contributed by atoms with Gasteiger partial charge in [0.15, 0.2) is 17.9 Å². The van der Waals surface area contributed by atoms with Crippen molar-refractivity contribution in [1.29, 1.82) is 0 Å². The summed E-state index contributed by atoms with van der Waals surface area (Å²) in [4.78, 5) is 50.2. The minimum Gasteiger partial charge on any atom is -0.387 e. The number of anilines is 1. The smallest absolute Gasteiger partial charge is 0.387 e. The zero-order chi connectivity index (χ0) is 24.7. The third-order valence-corrected chi connectivity index (χ3v) is 7.57. The van der Waals surface area contributed by atoms with Crippen LogP contribution in [-0.2, 0) is 31.6 Å². The van der Waals surface area contributed by atoms with Crippen LogP contribution in [0.15, 0.2) is 11.0 Å². The standard InChI is InChI=1S/C10H15F3N3O13P3/c11-3-10(13)6(17)5(27-8(10)16-1-4(12)7(14)15-9(16)18)2-26-31(22,23)29-32(24,25)28-30(19,20)21/h1,5-6,8,17H,2-3H2,(H,22,23)(H,24,25)(H2,14,15,18)(H2,19,20,21)/t5-,6+,8-,10?/m1/s1. The summed E-state index contributed by atoms with van der Waals surface area (Å²) in [7, 11) is -17.2. The van der Waals surface area contributed by atoms with E-state index in [9.17, 15) is 37.3 Å². The van der Waals surface area contributed by atoms with E-state index in [1.807, 2.05) is 0 Å². The zero-order valence-corrected chi connectivity index (χ0v) is 17.9. The monoisotopic (exact) mass is 535 g/mol. The number of rotatable bonds is 9. The molecule has 184 valence electrons. The minimum atomic E-state index is -5.87. The number of phosphoric acid groups is 3. The predicted molar refractivity (Wildman–Crippen MR) is 92.4 cm³/mol. The van der Waals surface area contributed by atoms with Gasteiger partial charge in [-0.25, -0.2) is 31.7 Å². The van der Waals surface area contributed by atoms with Crippen molar-refractivity contribution in [2.45, 2.75) is 24.1 Å². The summed E-state index contributed by atoms with van der Waals surface area (Å²) >= 11 is 0. The van der Waals surface area contributed by atoms with Crippen LogP contribution in [0.5, 0.6) is 0 Å². The topological polar surface area (TPSA) is 250 Å². The summed E-state index contributed by atoms with van der Waals surface area (Å²) in [6.07, 6.45) is -6.64. The van der Waals surface area contributed by atoms with Crippen molar-refractivity contribution < 1.29 is 69.4 Å². The molecule has 0 amide bonds. The first kappa shape index (κ1) is 27.0. The molecule has 1 aromatic rings. The number of alkyl halides is 2. The van der Waals surface area contributed by atoms with Crippen molar-refractivity contribution in [3.8, 4) is 0 Å². The highest BCUT2D eigenvalue weighted by molar-refractivity contribution is 7.66. The van der Waals surface area contributed by atoms with Crippen LogP contribution >= 0.6 is 23.5 Å². The fourth-order valence-corrected chi connectivity index (χ4v) is 5.51. The SMILES string of the molecule is Nc1nc(=O)n([C@@H]2O[C@H](COP(=O)(O)OP(=O)(O)OP(=O)(O)O)[C@H](O)C2(F)CF)cc1F. The molecule has 1 aliphatic rings. The quantitative estimate of drug-likeness (QED) is 0.213. The van der Waals surface area contributed by atoms with Gasteiger partial charge in [0.25, 0.3) is 0 Å². The highest BCUT2D eigenvalue weighted by Gasteiger charge is 2.59. The van der Waals surface area contributed by atoms with Crippen molar-refractivity contribution in [3.05, 3.63) is 22.5 Å². The molecule has 16 nitrogen and oxygen atoms in total. The number of phosphoric ester groups is 1. The fourth-order valence-electron chi connectivity index (χ4n) is 2.48. The van der Waals surface area contributed by atoms with Crippen LogP contribution in [-0.4, -0.2) is 65.4 Å². The lowest BCUT2D eigenvalue weighted by Gasteiger charge is -2.26. The molecule has 7 N–H and O–H groups in total. The molecule has 0 spiro atoms. The Hall–Kier alpha value is -1.20. The van der Waals surface area contributed by atoms with E-state index in [1.165, 1.54) is 0 Å². The molecule has 3 unspecified atom stereocenters. The molecule has 2 rings (SSSR count). The zero-order valence-electron chi connectivity index (χ0n) is 15.2. The lowest BCUT2D eigenvalue weighted by atomic mass is 9.97. The largest absolute Gasteiger partial charge is 0.490 e.